The van der Waals surface area contributed by atoms with Crippen molar-refractivity contribution in [3.8, 4) is 0 Å². The van der Waals surface area contributed by atoms with Crippen LogP contribution >= 0.6 is 23.2 Å². The average Bonchev–Trinajstić information content (AvgIpc) is 3.13. The van der Waals surface area contributed by atoms with Crippen LogP contribution in [0.1, 0.15) is 31.1 Å². The quantitative estimate of drug-likeness (QED) is 0.778. The van der Waals surface area contributed by atoms with Crippen LogP contribution in [0.3, 0.4) is 0 Å². The van der Waals surface area contributed by atoms with Crippen molar-refractivity contribution in [2.24, 2.45) is 0 Å². The number of hydrogen-bond acceptors (Lipinski definition) is 2. The van der Waals surface area contributed by atoms with Crippen LogP contribution in [0.15, 0.2) is 12.1 Å². The van der Waals surface area contributed by atoms with E-state index < -0.39 is 5.82 Å². The third-order valence-corrected chi connectivity index (χ3v) is 5.35. The van der Waals surface area contributed by atoms with Gasteiger partial charge in [-0.1, -0.05) is 11.6 Å². The first-order valence-electron chi connectivity index (χ1n) is 7.35. The van der Waals surface area contributed by atoms with E-state index >= 15 is 0 Å². The summed E-state index contributed by atoms with van der Waals surface area (Å²) in [5.74, 6) is 0.747. The van der Waals surface area contributed by atoms with Gasteiger partial charge in [0.05, 0.1) is 28.0 Å². The smallest absolute Gasteiger partial charge is 0.144 e. The van der Waals surface area contributed by atoms with Crippen molar-refractivity contribution in [3.05, 3.63) is 28.8 Å². The molecule has 2 aliphatic heterocycles. The van der Waals surface area contributed by atoms with E-state index in [1.807, 2.05) is 0 Å². The molecule has 1 aromatic carbocycles. The van der Waals surface area contributed by atoms with E-state index in [1.54, 1.807) is 6.07 Å². The van der Waals surface area contributed by atoms with Crippen molar-refractivity contribution in [1.82, 2.24) is 14.5 Å². The molecule has 6 heteroatoms. The lowest BCUT2D eigenvalue weighted by Gasteiger charge is -2.23. The molecule has 0 radical (unpaired) electrons. The summed E-state index contributed by atoms with van der Waals surface area (Å²) < 4.78 is 16.0. The van der Waals surface area contributed by atoms with Gasteiger partial charge in [0.1, 0.15) is 11.6 Å². The number of halogens is 3. The van der Waals surface area contributed by atoms with Crippen molar-refractivity contribution in [2.75, 3.05) is 13.1 Å². The molecular weight excluding hydrogens is 312 g/mol. The van der Waals surface area contributed by atoms with Gasteiger partial charge in [-0.15, -0.1) is 11.6 Å². The normalized spacial score (nSPS) is 25.9. The maximum absolute atomic E-state index is 13.9. The molecule has 2 aromatic rings. The Bertz CT molecular complexity index is 700. The highest BCUT2D eigenvalue weighted by Gasteiger charge is 2.39. The Morgan fingerprint density at radius 1 is 1.24 bits per heavy atom. The number of aromatic nitrogens is 2. The highest BCUT2D eigenvalue weighted by Crippen LogP contribution is 2.39. The first kappa shape index (κ1) is 13.8. The molecule has 0 N–H and O–H groups in total. The van der Waals surface area contributed by atoms with Gasteiger partial charge in [0.25, 0.3) is 0 Å². The lowest BCUT2D eigenvalue weighted by Crippen LogP contribution is -2.28. The molecule has 3 nitrogen and oxygen atoms in total. The van der Waals surface area contributed by atoms with Crippen molar-refractivity contribution in [1.29, 1.82) is 0 Å². The van der Waals surface area contributed by atoms with Crippen LogP contribution < -0.4 is 0 Å². The van der Waals surface area contributed by atoms with E-state index in [4.69, 9.17) is 23.2 Å². The fourth-order valence-corrected chi connectivity index (χ4v) is 4.31. The molecule has 2 saturated heterocycles. The van der Waals surface area contributed by atoms with Crippen molar-refractivity contribution in [3.63, 3.8) is 0 Å². The van der Waals surface area contributed by atoms with Crippen LogP contribution in [-0.4, -0.2) is 33.6 Å². The van der Waals surface area contributed by atoms with E-state index in [0.29, 0.717) is 18.0 Å². The van der Waals surface area contributed by atoms with Crippen molar-refractivity contribution >= 4 is 34.2 Å². The van der Waals surface area contributed by atoms with Crippen LogP contribution in [-0.2, 0) is 5.88 Å². The summed E-state index contributed by atoms with van der Waals surface area (Å²) in [5.41, 5.74) is 1.54. The molecular formula is C15H16Cl2FN3. The number of rotatable bonds is 2. The van der Waals surface area contributed by atoms with Crippen LogP contribution in [0.4, 0.5) is 4.39 Å². The molecule has 0 bridgehead atoms. The van der Waals surface area contributed by atoms with Gasteiger partial charge in [0, 0.05) is 18.7 Å². The van der Waals surface area contributed by atoms with Gasteiger partial charge in [-0.25, -0.2) is 9.37 Å². The minimum absolute atomic E-state index is 0.113. The molecule has 21 heavy (non-hydrogen) atoms. The fourth-order valence-electron chi connectivity index (χ4n) is 3.96. The molecule has 0 saturated carbocycles. The van der Waals surface area contributed by atoms with Gasteiger partial charge < -0.3 is 4.57 Å². The molecule has 2 fully saturated rings. The molecule has 0 amide bonds. The Hall–Kier alpha value is -0.840. The van der Waals surface area contributed by atoms with E-state index in [9.17, 15) is 4.39 Å². The summed E-state index contributed by atoms with van der Waals surface area (Å²) in [4.78, 5) is 7.08. The number of fused-ring (bicyclic) bond motifs is 2. The molecule has 112 valence electrons. The largest absolute Gasteiger partial charge is 0.322 e. The highest BCUT2D eigenvalue weighted by atomic mass is 35.5. The average molecular weight is 328 g/mol. The van der Waals surface area contributed by atoms with E-state index in [1.165, 1.54) is 25.5 Å². The molecule has 3 heterocycles. The molecule has 2 aliphatic rings. The van der Waals surface area contributed by atoms with Gasteiger partial charge in [0.15, 0.2) is 0 Å². The predicted octanol–water partition coefficient (Wildman–Crippen LogP) is 3.98. The van der Waals surface area contributed by atoms with Crippen LogP contribution in [0.2, 0.25) is 5.02 Å². The third-order valence-electron chi connectivity index (χ3n) is 4.83. The van der Waals surface area contributed by atoms with E-state index in [-0.39, 0.29) is 5.02 Å². The van der Waals surface area contributed by atoms with Gasteiger partial charge in [0.2, 0.25) is 0 Å². The number of alkyl halides is 1. The van der Waals surface area contributed by atoms with E-state index in [0.717, 1.165) is 29.8 Å². The standard InChI is InChI=1S/C15H16Cl2FN3/c16-8-15-19-11-6-9(17)10(18)7-14(11)21(15)13-3-5-20-4-1-2-12(13)20/h6-7,12-13H,1-5,8H2. The summed E-state index contributed by atoms with van der Waals surface area (Å²) in [6.45, 7) is 2.27. The maximum Gasteiger partial charge on any atom is 0.144 e. The molecule has 0 aliphatic carbocycles. The van der Waals surface area contributed by atoms with E-state index in [2.05, 4.69) is 14.5 Å². The SMILES string of the molecule is Fc1cc2c(cc1Cl)nc(CCl)n2C1CCN2CCCC12. The Kier molecular flexibility index (Phi) is 3.36. The number of benzene rings is 1. The molecule has 4 rings (SSSR count). The van der Waals surface area contributed by atoms with Gasteiger partial charge >= 0.3 is 0 Å². The van der Waals surface area contributed by atoms with Gasteiger partial charge in [-0.3, -0.25) is 4.90 Å². The lowest BCUT2D eigenvalue weighted by molar-refractivity contribution is 0.290. The van der Waals surface area contributed by atoms with Gasteiger partial charge in [-0.2, -0.15) is 0 Å². The zero-order chi connectivity index (χ0) is 14.6. The predicted molar refractivity (Wildman–Crippen MR) is 82.5 cm³/mol. The van der Waals surface area contributed by atoms with Crippen LogP contribution in [0, 0.1) is 5.82 Å². The molecule has 2 atom stereocenters. The van der Waals surface area contributed by atoms with Crippen molar-refractivity contribution in [2.45, 2.75) is 37.2 Å². The first-order valence-corrected chi connectivity index (χ1v) is 8.26. The molecule has 0 spiro atoms. The summed E-state index contributed by atoms with van der Waals surface area (Å²) in [7, 11) is 0. The second kappa shape index (κ2) is 5.11. The van der Waals surface area contributed by atoms with Crippen LogP contribution in [0.25, 0.3) is 11.0 Å². The first-order chi connectivity index (χ1) is 10.2. The summed E-state index contributed by atoms with van der Waals surface area (Å²) in [6.07, 6.45) is 3.51. The zero-order valence-corrected chi connectivity index (χ0v) is 13.0. The number of nitrogens with zero attached hydrogens (tertiary/aromatic N) is 3. The minimum atomic E-state index is -0.396. The third kappa shape index (κ3) is 2.07. The number of hydrogen-bond donors (Lipinski definition) is 0. The Morgan fingerprint density at radius 2 is 2.10 bits per heavy atom. The Labute approximate surface area is 132 Å². The monoisotopic (exact) mass is 327 g/mol. The summed E-state index contributed by atoms with van der Waals surface area (Å²) in [6, 6.07) is 3.97. The summed E-state index contributed by atoms with van der Waals surface area (Å²) in [5, 5.41) is 0.113. The van der Waals surface area contributed by atoms with Crippen molar-refractivity contribution < 1.29 is 4.39 Å². The summed E-state index contributed by atoms with van der Waals surface area (Å²) >= 11 is 12.0. The highest BCUT2D eigenvalue weighted by molar-refractivity contribution is 6.31. The Morgan fingerprint density at radius 3 is 2.90 bits per heavy atom. The maximum atomic E-state index is 13.9. The fraction of sp³-hybridized carbons (Fsp3) is 0.533. The number of imidazole rings is 1. The molecule has 2 unspecified atom stereocenters. The Balaban J connectivity index is 1.88. The zero-order valence-electron chi connectivity index (χ0n) is 11.5. The van der Waals surface area contributed by atoms with Crippen LogP contribution in [0.5, 0.6) is 0 Å². The second-order valence-electron chi connectivity index (χ2n) is 5.89. The molecule has 1 aromatic heterocycles. The van der Waals surface area contributed by atoms with Gasteiger partial charge in [-0.05, 0) is 31.9 Å². The minimum Gasteiger partial charge on any atom is -0.322 e. The topological polar surface area (TPSA) is 21.1 Å². The second-order valence-corrected chi connectivity index (χ2v) is 6.56. The lowest BCUT2D eigenvalue weighted by atomic mass is 10.1.